The minimum absolute atomic E-state index is 0.832. The Morgan fingerprint density at radius 1 is 1.31 bits per heavy atom. The molecule has 0 aromatic heterocycles. The molecule has 1 aromatic carbocycles. The monoisotopic (exact) mass is 172 g/mol. The summed E-state index contributed by atoms with van der Waals surface area (Å²) in [6, 6.07) is 11.5. The Bertz CT molecular complexity index is 366. The van der Waals surface area contributed by atoms with Gasteiger partial charge in [-0.3, -0.25) is 5.48 Å². The van der Waals surface area contributed by atoms with Crippen LogP contribution in [0.2, 0.25) is 0 Å². The second-order valence-corrected chi connectivity index (χ2v) is 2.77. The highest BCUT2D eigenvalue weighted by Crippen LogP contribution is 2.28. The van der Waals surface area contributed by atoms with Crippen LogP contribution in [0.25, 0.3) is 0 Å². The molecule has 13 heavy (non-hydrogen) atoms. The van der Waals surface area contributed by atoms with Crippen LogP contribution < -0.4 is 5.48 Å². The molecule has 3 heteroatoms. The van der Waals surface area contributed by atoms with Crippen molar-refractivity contribution in [2.75, 3.05) is 0 Å². The third kappa shape index (κ3) is 1.17. The molecular formula is C10H8N2O. The maximum absolute atomic E-state index is 9.00. The summed E-state index contributed by atoms with van der Waals surface area (Å²) in [6.07, 6.45) is 3.32. The number of nitrogens with one attached hydrogen (secondary N) is 1. The topological polar surface area (TPSA) is 45.0 Å². The van der Waals surface area contributed by atoms with Gasteiger partial charge in [-0.05, 0) is 6.08 Å². The van der Waals surface area contributed by atoms with Gasteiger partial charge in [-0.15, -0.1) is 0 Å². The maximum Gasteiger partial charge on any atom is 0.226 e. The lowest BCUT2D eigenvalue weighted by molar-refractivity contribution is -0.00225. The summed E-state index contributed by atoms with van der Waals surface area (Å²) >= 11 is 0. The SMILES string of the molecule is N#CC1(c2ccccc2)C=CNO1. The van der Waals surface area contributed by atoms with E-state index in [1.165, 1.54) is 0 Å². The van der Waals surface area contributed by atoms with Crippen molar-refractivity contribution in [3.05, 3.63) is 48.2 Å². The quantitative estimate of drug-likeness (QED) is 0.697. The predicted octanol–water partition coefficient (Wildman–Crippen LogP) is 1.45. The molecular weight excluding hydrogens is 164 g/mol. The van der Waals surface area contributed by atoms with Crippen LogP contribution in [0.4, 0.5) is 0 Å². The fourth-order valence-electron chi connectivity index (χ4n) is 1.28. The van der Waals surface area contributed by atoms with Crippen molar-refractivity contribution in [3.8, 4) is 6.07 Å². The number of hydrogen-bond donors (Lipinski definition) is 1. The van der Waals surface area contributed by atoms with Crippen molar-refractivity contribution in [2.45, 2.75) is 5.60 Å². The first-order valence-corrected chi connectivity index (χ1v) is 3.95. The molecule has 0 spiro atoms. The highest BCUT2D eigenvalue weighted by molar-refractivity contribution is 5.35. The number of rotatable bonds is 1. The van der Waals surface area contributed by atoms with E-state index in [9.17, 15) is 0 Å². The van der Waals surface area contributed by atoms with Crippen molar-refractivity contribution in [1.29, 1.82) is 5.26 Å². The Balaban J connectivity index is 2.45. The Morgan fingerprint density at radius 3 is 2.62 bits per heavy atom. The molecule has 3 nitrogen and oxygen atoms in total. The summed E-state index contributed by atoms with van der Waals surface area (Å²) < 4.78 is 0. The highest BCUT2D eigenvalue weighted by Gasteiger charge is 2.33. The lowest BCUT2D eigenvalue weighted by Gasteiger charge is -2.16. The molecule has 0 fully saturated rings. The van der Waals surface area contributed by atoms with Crippen molar-refractivity contribution < 1.29 is 4.84 Å². The lowest BCUT2D eigenvalue weighted by Crippen LogP contribution is -2.24. The Hall–Kier alpha value is -1.79. The van der Waals surface area contributed by atoms with Gasteiger partial charge < -0.3 is 0 Å². The Kier molecular flexibility index (Phi) is 1.76. The number of benzene rings is 1. The van der Waals surface area contributed by atoms with E-state index in [4.69, 9.17) is 10.1 Å². The van der Waals surface area contributed by atoms with E-state index in [0.29, 0.717) is 0 Å². The largest absolute Gasteiger partial charge is 0.272 e. The summed E-state index contributed by atoms with van der Waals surface area (Å²) in [7, 11) is 0. The van der Waals surface area contributed by atoms with E-state index < -0.39 is 5.60 Å². The Morgan fingerprint density at radius 2 is 2.08 bits per heavy atom. The average Bonchev–Trinajstić information content (AvgIpc) is 2.69. The summed E-state index contributed by atoms with van der Waals surface area (Å²) in [4.78, 5) is 5.15. The van der Waals surface area contributed by atoms with Gasteiger partial charge in [0.15, 0.2) is 0 Å². The van der Waals surface area contributed by atoms with Gasteiger partial charge in [0.1, 0.15) is 6.07 Å². The van der Waals surface area contributed by atoms with Gasteiger partial charge in [0.05, 0.1) is 0 Å². The third-order valence-electron chi connectivity index (χ3n) is 1.97. The van der Waals surface area contributed by atoms with E-state index in [2.05, 4.69) is 11.5 Å². The van der Waals surface area contributed by atoms with Crippen molar-refractivity contribution in [2.24, 2.45) is 0 Å². The van der Waals surface area contributed by atoms with Crippen molar-refractivity contribution in [3.63, 3.8) is 0 Å². The normalized spacial score (nSPS) is 25.2. The fourth-order valence-corrected chi connectivity index (χ4v) is 1.28. The molecule has 0 amide bonds. The van der Waals surface area contributed by atoms with E-state index in [0.717, 1.165) is 5.56 Å². The predicted molar refractivity (Wildman–Crippen MR) is 47.1 cm³/mol. The molecule has 1 unspecified atom stereocenters. The summed E-state index contributed by atoms with van der Waals surface area (Å²) in [6.45, 7) is 0. The molecule has 1 aliphatic heterocycles. The van der Waals surface area contributed by atoms with Crippen LogP contribution in [0.5, 0.6) is 0 Å². The zero-order valence-corrected chi connectivity index (χ0v) is 6.90. The van der Waals surface area contributed by atoms with Gasteiger partial charge >= 0.3 is 0 Å². The molecule has 0 radical (unpaired) electrons. The van der Waals surface area contributed by atoms with E-state index >= 15 is 0 Å². The van der Waals surface area contributed by atoms with Crippen LogP contribution in [-0.4, -0.2) is 0 Å². The minimum Gasteiger partial charge on any atom is -0.272 e. The third-order valence-corrected chi connectivity index (χ3v) is 1.97. The average molecular weight is 172 g/mol. The molecule has 1 N–H and O–H groups in total. The number of hydrogen-bond acceptors (Lipinski definition) is 3. The summed E-state index contributed by atoms with van der Waals surface area (Å²) in [5.74, 6) is 0. The van der Waals surface area contributed by atoms with Gasteiger partial charge in [0, 0.05) is 11.8 Å². The maximum atomic E-state index is 9.00. The first kappa shape index (κ1) is 7.84. The van der Waals surface area contributed by atoms with Crippen LogP contribution in [0.1, 0.15) is 5.56 Å². The molecule has 1 atom stereocenters. The van der Waals surface area contributed by atoms with Gasteiger partial charge in [0.2, 0.25) is 5.60 Å². The first-order valence-electron chi connectivity index (χ1n) is 3.95. The van der Waals surface area contributed by atoms with Gasteiger partial charge in [-0.1, -0.05) is 30.3 Å². The molecule has 0 aliphatic carbocycles. The van der Waals surface area contributed by atoms with E-state index in [1.807, 2.05) is 30.3 Å². The molecule has 1 aliphatic rings. The van der Waals surface area contributed by atoms with Crippen molar-refractivity contribution >= 4 is 0 Å². The Labute approximate surface area is 76.2 Å². The minimum atomic E-state index is -0.957. The number of nitriles is 1. The van der Waals surface area contributed by atoms with Crippen LogP contribution in [0.15, 0.2) is 42.6 Å². The van der Waals surface area contributed by atoms with E-state index in [-0.39, 0.29) is 0 Å². The standard InChI is InChI=1S/C10H8N2O/c11-8-10(6-7-12-13-10)9-4-2-1-3-5-9/h1-7,12H. The molecule has 64 valence electrons. The summed E-state index contributed by atoms with van der Waals surface area (Å²) in [5, 5.41) is 9.00. The molecule has 0 saturated carbocycles. The molecule has 2 rings (SSSR count). The van der Waals surface area contributed by atoms with Crippen LogP contribution >= 0.6 is 0 Å². The lowest BCUT2D eigenvalue weighted by atomic mass is 9.96. The number of hydroxylamine groups is 1. The molecule has 0 saturated heterocycles. The van der Waals surface area contributed by atoms with Crippen molar-refractivity contribution in [1.82, 2.24) is 5.48 Å². The summed E-state index contributed by atoms with van der Waals surface area (Å²) in [5.41, 5.74) is 2.43. The zero-order chi connectivity index (χ0) is 9.15. The second kappa shape index (κ2) is 2.92. The fraction of sp³-hybridized carbons (Fsp3) is 0.100. The van der Waals surface area contributed by atoms with Crippen LogP contribution in [-0.2, 0) is 10.4 Å². The van der Waals surface area contributed by atoms with Gasteiger partial charge in [-0.2, -0.15) is 5.26 Å². The van der Waals surface area contributed by atoms with Gasteiger partial charge in [-0.25, -0.2) is 4.84 Å². The zero-order valence-electron chi connectivity index (χ0n) is 6.90. The van der Waals surface area contributed by atoms with E-state index in [1.54, 1.807) is 12.3 Å². The molecule has 1 heterocycles. The van der Waals surface area contributed by atoms with Crippen LogP contribution in [0.3, 0.4) is 0 Å². The molecule has 1 aromatic rings. The van der Waals surface area contributed by atoms with Crippen LogP contribution in [0, 0.1) is 11.3 Å². The number of nitrogens with zero attached hydrogens (tertiary/aromatic N) is 1. The molecule has 0 bridgehead atoms. The first-order chi connectivity index (χ1) is 6.37. The smallest absolute Gasteiger partial charge is 0.226 e. The highest BCUT2D eigenvalue weighted by atomic mass is 16.7. The second-order valence-electron chi connectivity index (χ2n) is 2.77. The van der Waals surface area contributed by atoms with Gasteiger partial charge in [0.25, 0.3) is 0 Å².